The molecule has 0 aliphatic heterocycles. The molecule has 0 aliphatic carbocycles. The third-order valence-electron chi connectivity index (χ3n) is 3.53. The lowest BCUT2D eigenvalue weighted by atomic mass is 10.1. The summed E-state index contributed by atoms with van der Waals surface area (Å²) in [5, 5.41) is 1.22. The fourth-order valence-electron chi connectivity index (χ4n) is 2.33. The van der Waals surface area contributed by atoms with Crippen LogP contribution in [0.2, 0.25) is 5.02 Å². The first-order chi connectivity index (χ1) is 11.0. The van der Waals surface area contributed by atoms with Gasteiger partial charge in [-0.1, -0.05) is 35.4 Å². The first kappa shape index (κ1) is 15.3. The summed E-state index contributed by atoms with van der Waals surface area (Å²) in [5.41, 5.74) is 2.24. The van der Waals surface area contributed by atoms with Crippen LogP contribution < -0.4 is 5.56 Å². The van der Waals surface area contributed by atoms with Crippen LogP contribution in [0.1, 0.15) is 21.5 Å². The molecule has 0 fully saturated rings. The van der Waals surface area contributed by atoms with Crippen molar-refractivity contribution in [3.63, 3.8) is 0 Å². The summed E-state index contributed by atoms with van der Waals surface area (Å²) in [6.07, 6.45) is 0. The Morgan fingerprint density at radius 1 is 1.17 bits per heavy atom. The molecule has 0 saturated carbocycles. The van der Waals surface area contributed by atoms with Crippen LogP contribution in [0.15, 0.2) is 53.3 Å². The highest BCUT2D eigenvalue weighted by molar-refractivity contribution is 6.33. The quantitative estimate of drug-likeness (QED) is 0.743. The molecule has 0 amide bonds. The number of carbonyl (C=O) groups is 1. The average Bonchev–Trinajstić information content (AvgIpc) is 2.53. The molecule has 1 N–H and O–H groups in total. The second kappa shape index (κ2) is 6.26. The van der Waals surface area contributed by atoms with Crippen molar-refractivity contribution in [3.8, 4) is 0 Å². The van der Waals surface area contributed by atoms with Crippen LogP contribution in [-0.4, -0.2) is 11.0 Å². The van der Waals surface area contributed by atoms with Gasteiger partial charge in [-0.25, -0.2) is 4.79 Å². The van der Waals surface area contributed by atoms with Gasteiger partial charge >= 0.3 is 5.97 Å². The lowest BCUT2D eigenvalue weighted by Gasteiger charge is -2.07. The van der Waals surface area contributed by atoms with E-state index in [1.165, 1.54) is 0 Å². The molecular formula is C18H14ClNO3. The second-order valence-electron chi connectivity index (χ2n) is 5.27. The number of hydrogen-bond acceptors (Lipinski definition) is 3. The van der Waals surface area contributed by atoms with Crippen LogP contribution in [0.5, 0.6) is 0 Å². The zero-order valence-corrected chi connectivity index (χ0v) is 13.2. The summed E-state index contributed by atoms with van der Waals surface area (Å²) < 4.78 is 5.21. The van der Waals surface area contributed by atoms with Crippen molar-refractivity contribution in [2.24, 2.45) is 0 Å². The number of aromatic amines is 1. The maximum atomic E-state index is 12.1. The van der Waals surface area contributed by atoms with Crippen LogP contribution in [0.4, 0.5) is 0 Å². The third-order valence-corrected chi connectivity index (χ3v) is 3.86. The van der Waals surface area contributed by atoms with E-state index >= 15 is 0 Å². The molecule has 2 aromatic carbocycles. The van der Waals surface area contributed by atoms with Gasteiger partial charge in [0.25, 0.3) is 5.56 Å². The number of halogens is 1. The maximum absolute atomic E-state index is 12.1. The Labute approximate surface area is 137 Å². The van der Waals surface area contributed by atoms with Gasteiger partial charge in [0.2, 0.25) is 0 Å². The molecule has 0 aliphatic rings. The second-order valence-corrected chi connectivity index (χ2v) is 5.68. The minimum Gasteiger partial charge on any atom is -0.457 e. The molecule has 23 heavy (non-hydrogen) atoms. The van der Waals surface area contributed by atoms with Gasteiger partial charge < -0.3 is 9.72 Å². The molecule has 5 heteroatoms. The van der Waals surface area contributed by atoms with Crippen LogP contribution in [0, 0.1) is 6.92 Å². The Morgan fingerprint density at radius 2 is 1.96 bits per heavy atom. The molecule has 0 saturated heterocycles. The van der Waals surface area contributed by atoms with Crippen molar-refractivity contribution in [2.45, 2.75) is 13.5 Å². The molecule has 0 unspecified atom stereocenters. The number of hydrogen-bond donors (Lipinski definition) is 1. The van der Waals surface area contributed by atoms with Crippen molar-refractivity contribution < 1.29 is 9.53 Å². The molecule has 1 heterocycles. The van der Waals surface area contributed by atoms with Crippen molar-refractivity contribution in [1.82, 2.24) is 4.98 Å². The summed E-state index contributed by atoms with van der Waals surface area (Å²) in [4.78, 5) is 26.9. The number of carbonyl (C=O) groups excluding carboxylic acids is 1. The van der Waals surface area contributed by atoms with E-state index in [0.717, 1.165) is 16.5 Å². The molecule has 0 atom stereocenters. The monoisotopic (exact) mass is 327 g/mol. The number of aryl methyl sites for hydroxylation is 1. The van der Waals surface area contributed by atoms with E-state index in [1.54, 1.807) is 30.3 Å². The number of aromatic nitrogens is 1. The Balaban J connectivity index is 1.84. The van der Waals surface area contributed by atoms with E-state index in [4.69, 9.17) is 16.3 Å². The van der Waals surface area contributed by atoms with Crippen LogP contribution in [0.25, 0.3) is 10.9 Å². The van der Waals surface area contributed by atoms with Gasteiger partial charge in [-0.3, -0.25) is 4.79 Å². The molecular weight excluding hydrogens is 314 g/mol. The molecule has 3 rings (SSSR count). The minimum absolute atomic E-state index is 0.108. The number of esters is 1. The highest BCUT2D eigenvalue weighted by Gasteiger charge is 2.12. The number of pyridine rings is 1. The van der Waals surface area contributed by atoms with Gasteiger partial charge in [0.1, 0.15) is 6.61 Å². The van der Waals surface area contributed by atoms with Gasteiger partial charge in [0.15, 0.2) is 0 Å². The molecule has 0 bridgehead atoms. The van der Waals surface area contributed by atoms with Crippen molar-refractivity contribution in [2.75, 3.05) is 0 Å². The molecule has 3 aromatic rings. The highest BCUT2D eigenvalue weighted by Crippen LogP contribution is 2.17. The van der Waals surface area contributed by atoms with Gasteiger partial charge in [-0.2, -0.15) is 0 Å². The maximum Gasteiger partial charge on any atom is 0.339 e. The van der Waals surface area contributed by atoms with Crippen molar-refractivity contribution in [3.05, 3.63) is 80.6 Å². The average molecular weight is 328 g/mol. The lowest BCUT2D eigenvalue weighted by molar-refractivity contribution is 0.0471. The number of benzene rings is 2. The molecule has 0 radical (unpaired) electrons. The van der Waals surface area contributed by atoms with Gasteiger partial charge in [-0.15, -0.1) is 0 Å². The van der Waals surface area contributed by atoms with Crippen LogP contribution >= 0.6 is 11.6 Å². The van der Waals surface area contributed by atoms with E-state index in [-0.39, 0.29) is 17.7 Å². The van der Waals surface area contributed by atoms with E-state index in [2.05, 4.69) is 4.98 Å². The van der Waals surface area contributed by atoms with Crippen LogP contribution in [-0.2, 0) is 11.3 Å². The Morgan fingerprint density at radius 3 is 2.74 bits per heavy atom. The normalized spacial score (nSPS) is 10.7. The molecule has 0 spiro atoms. The number of H-pyrrole nitrogens is 1. The number of rotatable bonds is 3. The number of nitrogens with one attached hydrogen (secondary N) is 1. The highest BCUT2D eigenvalue weighted by atomic mass is 35.5. The van der Waals surface area contributed by atoms with Gasteiger partial charge in [-0.05, 0) is 42.6 Å². The first-order valence-electron chi connectivity index (χ1n) is 7.09. The van der Waals surface area contributed by atoms with Crippen molar-refractivity contribution >= 4 is 28.5 Å². The summed E-state index contributed by atoms with van der Waals surface area (Å²) >= 11 is 5.96. The third kappa shape index (κ3) is 3.27. The summed E-state index contributed by atoms with van der Waals surface area (Å²) in [6, 6.07) is 14.1. The summed E-state index contributed by atoms with van der Waals surface area (Å²) in [7, 11) is 0. The Kier molecular flexibility index (Phi) is 4.17. The fourth-order valence-corrected chi connectivity index (χ4v) is 2.54. The largest absolute Gasteiger partial charge is 0.457 e. The van der Waals surface area contributed by atoms with E-state index in [0.29, 0.717) is 10.6 Å². The van der Waals surface area contributed by atoms with E-state index in [1.807, 2.05) is 25.1 Å². The number of fused-ring (bicyclic) bond motifs is 1. The Hall–Kier alpha value is -2.59. The smallest absolute Gasteiger partial charge is 0.339 e. The Bertz CT molecular complexity index is 946. The summed E-state index contributed by atoms with van der Waals surface area (Å²) in [5.74, 6) is -0.556. The summed E-state index contributed by atoms with van der Waals surface area (Å²) in [6.45, 7) is 1.87. The molecule has 1 aromatic heterocycles. The van der Waals surface area contributed by atoms with E-state index < -0.39 is 5.97 Å². The predicted octanol–water partition coefficient (Wildman–Crippen LogP) is 3.85. The van der Waals surface area contributed by atoms with Crippen molar-refractivity contribution in [1.29, 1.82) is 0 Å². The standard InChI is InChI=1S/C18H14ClNO3/c1-11-6-7-16-12(8-11)9-13(17(21)20-16)10-23-18(22)14-4-2-3-5-15(14)19/h2-9H,10H2,1H3,(H,20,21). The van der Waals surface area contributed by atoms with Gasteiger partial charge in [0, 0.05) is 5.52 Å². The van der Waals surface area contributed by atoms with Crippen LogP contribution in [0.3, 0.4) is 0 Å². The zero-order valence-electron chi connectivity index (χ0n) is 12.4. The molecule has 116 valence electrons. The number of ether oxygens (including phenoxy) is 1. The van der Waals surface area contributed by atoms with Gasteiger partial charge in [0.05, 0.1) is 16.1 Å². The zero-order chi connectivity index (χ0) is 16.4. The van der Waals surface area contributed by atoms with E-state index in [9.17, 15) is 9.59 Å². The molecule has 4 nitrogen and oxygen atoms in total. The predicted molar refractivity (Wildman–Crippen MR) is 89.9 cm³/mol. The SMILES string of the molecule is Cc1ccc2[nH]c(=O)c(COC(=O)c3ccccc3Cl)cc2c1. The fraction of sp³-hybridized carbons (Fsp3) is 0.111. The first-order valence-corrected chi connectivity index (χ1v) is 7.46. The topological polar surface area (TPSA) is 59.2 Å². The minimum atomic E-state index is -0.556. The lowest BCUT2D eigenvalue weighted by Crippen LogP contribution is -2.15.